The molecule has 0 aromatic heterocycles. The van der Waals surface area contributed by atoms with Crippen LogP contribution >= 0.6 is 0 Å². The van der Waals surface area contributed by atoms with Crippen LogP contribution in [0.4, 0.5) is 0 Å². The van der Waals surface area contributed by atoms with E-state index in [9.17, 15) is 0 Å². The molecule has 1 saturated heterocycles. The normalized spacial score (nSPS) is 37.4. The Morgan fingerprint density at radius 2 is 2.00 bits per heavy atom. The van der Waals surface area contributed by atoms with Gasteiger partial charge in [0.15, 0.2) is 0 Å². The molecule has 0 aromatic carbocycles. The first-order valence-corrected chi connectivity index (χ1v) is 4.59. The third-order valence-corrected chi connectivity index (χ3v) is 2.67. The van der Waals surface area contributed by atoms with Gasteiger partial charge < -0.3 is 9.31 Å². The van der Waals surface area contributed by atoms with E-state index in [1.807, 2.05) is 0 Å². The van der Waals surface area contributed by atoms with Crippen LogP contribution in [0.15, 0.2) is 0 Å². The Hall–Kier alpha value is -0.0151. The second kappa shape index (κ2) is 3.15. The molecule has 2 aliphatic rings. The minimum absolute atomic E-state index is 0.124. The molecular weight excluding hydrogens is 139 g/mol. The Bertz CT molecular complexity index is 134. The predicted molar refractivity (Wildman–Crippen MR) is 44.4 cm³/mol. The van der Waals surface area contributed by atoms with Crippen LogP contribution in [0.5, 0.6) is 0 Å². The third-order valence-electron chi connectivity index (χ3n) is 2.67. The molecule has 0 bridgehead atoms. The van der Waals surface area contributed by atoms with E-state index in [1.54, 1.807) is 0 Å². The molecule has 2 fully saturated rings. The van der Waals surface area contributed by atoms with E-state index in [0.717, 1.165) is 37.8 Å². The monoisotopic (exact) mass is 154 g/mol. The summed E-state index contributed by atoms with van der Waals surface area (Å²) in [4.78, 5) is 0. The largest absolute Gasteiger partial charge is 0.457 e. The van der Waals surface area contributed by atoms with Crippen molar-refractivity contribution in [1.29, 1.82) is 0 Å². The van der Waals surface area contributed by atoms with Crippen LogP contribution in [0.2, 0.25) is 6.32 Å². The van der Waals surface area contributed by atoms with Gasteiger partial charge in [0.1, 0.15) is 0 Å². The number of hydrogen-bond donors (Lipinski definition) is 0. The average molecular weight is 154 g/mol. The van der Waals surface area contributed by atoms with Crippen molar-refractivity contribution in [3.63, 3.8) is 0 Å². The molecule has 3 heteroatoms. The van der Waals surface area contributed by atoms with E-state index in [0.29, 0.717) is 0 Å². The summed E-state index contributed by atoms with van der Waals surface area (Å²) in [7, 11) is 0.124. The predicted octanol–water partition coefficient (Wildman–Crippen LogP) is 1.57. The van der Waals surface area contributed by atoms with Gasteiger partial charge in [-0.2, -0.15) is 0 Å². The van der Waals surface area contributed by atoms with E-state index in [2.05, 4.69) is 6.92 Å². The summed E-state index contributed by atoms with van der Waals surface area (Å²) in [5.74, 6) is 1.81. The first kappa shape index (κ1) is 7.62. The van der Waals surface area contributed by atoms with Crippen LogP contribution in [0, 0.1) is 11.8 Å². The van der Waals surface area contributed by atoms with Gasteiger partial charge in [-0.3, -0.25) is 0 Å². The smallest absolute Gasteiger partial charge is 0.411 e. The molecule has 1 aliphatic heterocycles. The maximum atomic E-state index is 5.45. The zero-order valence-electron chi connectivity index (χ0n) is 7.08. The second-order valence-electron chi connectivity index (χ2n) is 3.73. The first-order valence-electron chi connectivity index (χ1n) is 4.59. The zero-order valence-corrected chi connectivity index (χ0v) is 7.08. The van der Waals surface area contributed by atoms with E-state index in [-0.39, 0.29) is 7.12 Å². The number of rotatable bonds is 2. The minimum Gasteiger partial charge on any atom is -0.411 e. The van der Waals surface area contributed by atoms with Crippen LogP contribution in [0.25, 0.3) is 0 Å². The highest BCUT2D eigenvalue weighted by atomic mass is 16.6. The van der Waals surface area contributed by atoms with Gasteiger partial charge in [-0.1, -0.05) is 6.92 Å². The summed E-state index contributed by atoms with van der Waals surface area (Å²) >= 11 is 0. The Morgan fingerprint density at radius 3 is 2.55 bits per heavy atom. The minimum atomic E-state index is 0.124. The van der Waals surface area contributed by atoms with E-state index < -0.39 is 0 Å². The van der Waals surface area contributed by atoms with Gasteiger partial charge in [0.05, 0.1) is 0 Å². The fraction of sp³-hybridized carbons (Fsp3) is 1.00. The van der Waals surface area contributed by atoms with Crippen LogP contribution < -0.4 is 0 Å². The van der Waals surface area contributed by atoms with Crippen molar-refractivity contribution in [2.45, 2.75) is 26.1 Å². The van der Waals surface area contributed by atoms with Crippen molar-refractivity contribution in [2.75, 3.05) is 13.2 Å². The van der Waals surface area contributed by atoms with Gasteiger partial charge in [0.2, 0.25) is 0 Å². The molecule has 1 aliphatic carbocycles. The molecular formula is C8H15BO2. The summed E-state index contributed by atoms with van der Waals surface area (Å²) < 4.78 is 10.9. The third kappa shape index (κ3) is 1.97. The van der Waals surface area contributed by atoms with Crippen molar-refractivity contribution in [1.82, 2.24) is 0 Å². The fourth-order valence-electron chi connectivity index (χ4n) is 1.65. The lowest BCUT2D eigenvalue weighted by Gasteiger charge is -2.19. The Kier molecular flexibility index (Phi) is 2.19. The van der Waals surface area contributed by atoms with Crippen molar-refractivity contribution in [3.05, 3.63) is 0 Å². The molecule has 0 N–H and O–H groups in total. The molecule has 62 valence electrons. The fourth-order valence-corrected chi connectivity index (χ4v) is 1.65. The summed E-state index contributed by atoms with van der Waals surface area (Å²) in [5.41, 5.74) is 0. The highest BCUT2D eigenvalue weighted by Crippen LogP contribution is 2.42. The maximum Gasteiger partial charge on any atom is 0.457 e. The van der Waals surface area contributed by atoms with Gasteiger partial charge in [0.25, 0.3) is 0 Å². The standard InChI is InChI=1S/C8H15BO2/c1-7-5-8(7)6-9-10-3-2-4-11-9/h7-8H,2-6H2,1H3/t7-,8-/m0/s1. The van der Waals surface area contributed by atoms with Gasteiger partial charge in [-0.25, -0.2) is 0 Å². The Labute approximate surface area is 68.4 Å². The summed E-state index contributed by atoms with van der Waals surface area (Å²) in [6.45, 7) is 4.09. The van der Waals surface area contributed by atoms with Crippen LogP contribution in [-0.2, 0) is 9.31 Å². The van der Waals surface area contributed by atoms with E-state index >= 15 is 0 Å². The molecule has 0 aromatic rings. The van der Waals surface area contributed by atoms with Gasteiger partial charge in [-0.05, 0) is 31.0 Å². The molecule has 0 spiro atoms. The zero-order chi connectivity index (χ0) is 7.68. The van der Waals surface area contributed by atoms with Crippen molar-refractivity contribution < 1.29 is 9.31 Å². The SMILES string of the molecule is C[C@H]1C[C@H]1CB1OCCCO1. The summed E-state index contributed by atoms with van der Waals surface area (Å²) in [6, 6.07) is 0. The highest BCUT2D eigenvalue weighted by Gasteiger charge is 2.38. The van der Waals surface area contributed by atoms with E-state index in [4.69, 9.17) is 9.31 Å². The molecule has 0 radical (unpaired) electrons. The van der Waals surface area contributed by atoms with E-state index in [1.165, 1.54) is 6.42 Å². The second-order valence-corrected chi connectivity index (χ2v) is 3.73. The van der Waals surface area contributed by atoms with Crippen molar-refractivity contribution in [3.8, 4) is 0 Å². The molecule has 0 amide bonds. The van der Waals surface area contributed by atoms with Gasteiger partial charge in [0, 0.05) is 13.2 Å². The Morgan fingerprint density at radius 1 is 1.36 bits per heavy atom. The first-order chi connectivity index (χ1) is 5.36. The molecule has 2 rings (SSSR count). The summed E-state index contributed by atoms with van der Waals surface area (Å²) in [5, 5.41) is 0. The van der Waals surface area contributed by atoms with Crippen molar-refractivity contribution >= 4 is 7.12 Å². The molecule has 1 heterocycles. The Balaban J connectivity index is 1.68. The van der Waals surface area contributed by atoms with Crippen LogP contribution in [0.3, 0.4) is 0 Å². The van der Waals surface area contributed by atoms with Crippen LogP contribution in [0.1, 0.15) is 19.8 Å². The lowest BCUT2D eigenvalue weighted by molar-refractivity contribution is 0.132. The average Bonchev–Trinajstić information content (AvgIpc) is 2.69. The molecule has 2 atom stereocenters. The van der Waals surface area contributed by atoms with Gasteiger partial charge >= 0.3 is 7.12 Å². The number of hydrogen-bond acceptors (Lipinski definition) is 2. The lowest BCUT2D eigenvalue weighted by atomic mass is 9.80. The maximum absolute atomic E-state index is 5.45. The molecule has 0 unspecified atom stereocenters. The molecule has 1 saturated carbocycles. The summed E-state index contributed by atoms with van der Waals surface area (Å²) in [6.07, 6.45) is 3.57. The lowest BCUT2D eigenvalue weighted by Crippen LogP contribution is -2.29. The quantitative estimate of drug-likeness (QED) is 0.562. The van der Waals surface area contributed by atoms with Crippen molar-refractivity contribution in [2.24, 2.45) is 11.8 Å². The van der Waals surface area contributed by atoms with Gasteiger partial charge in [-0.15, -0.1) is 0 Å². The highest BCUT2D eigenvalue weighted by molar-refractivity contribution is 6.44. The molecule has 11 heavy (non-hydrogen) atoms. The van der Waals surface area contributed by atoms with Crippen LogP contribution in [-0.4, -0.2) is 20.3 Å². The topological polar surface area (TPSA) is 18.5 Å². The molecule has 2 nitrogen and oxygen atoms in total.